The van der Waals surface area contributed by atoms with Gasteiger partial charge in [0.2, 0.25) is 5.91 Å². The number of nitrogens with zero attached hydrogens (tertiary/aromatic N) is 1. The summed E-state index contributed by atoms with van der Waals surface area (Å²) >= 11 is 0. The smallest absolute Gasteiger partial charge is 0.225 e. The van der Waals surface area contributed by atoms with Crippen LogP contribution in [0.3, 0.4) is 0 Å². The average molecular weight is 301 g/mol. The minimum Gasteiger partial charge on any atom is -0.497 e. The third kappa shape index (κ3) is 3.12. The van der Waals surface area contributed by atoms with Crippen molar-refractivity contribution in [1.82, 2.24) is 15.5 Å². The second-order valence-electron chi connectivity index (χ2n) is 5.28. The molecule has 2 N–H and O–H groups in total. The molecule has 1 aliphatic rings. The van der Waals surface area contributed by atoms with Crippen LogP contribution in [-0.2, 0) is 16.1 Å². The summed E-state index contributed by atoms with van der Waals surface area (Å²) in [7, 11) is 1.64. The molecule has 1 aromatic heterocycles. The van der Waals surface area contributed by atoms with E-state index in [-0.39, 0.29) is 11.8 Å². The standard InChI is InChI=1S/C16H19N3O3/c1-21-14-4-2-11(3-5-14)15-13(9-18-19-15)8-17-16(20)12-6-7-22-10-12/h2-5,9,12H,6-8,10H2,1H3,(H,17,20)(H,18,19)/t12-/m0/s1. The molecule has 6 nitrogen and oxygen atoms in total. The highest BCUT2D eigenvalue weighted by atomic mass is 16.5. The fraction of sp³-hybridized carbons (Fsp3) is 0.375. The van der Waals surface area contributed by atoms with Gasteiger partial charge in [-0.05, 0) is 30.7 Å². The Labute approximate surface area is 128 Å². The van der Waals surface area contributed by atoms with E-state index in [0.717, 1.165) is 29.0 Å². The lowest BCUT2D eigenvalue weighted by Crippen LogP contribution is -2.30. The Hall–Kier alpha value is -2.34. The van der Waals surface area contributed by atoms with Crippen LogP contribution in [0.2, 0.25) is 0 Å². The number of amides is 1. The van der Waals surface area contributed by atoms with Gasteiger partial charge >= 0.3 is 0 Å². The molecular formula is C16H19N3O3. The maximum atomic E-state index is 12.0. The van der Waals surface area contributed by atoms with Gasteiger partial charge < -0.3 is 14.8 Å². The van der Waals surface area contributed by atoms with Gasteiger partial charge in [0, 0.05) is 24.3 Å². The van der Waals surface area contributed by atoms with E-state index >= 15 is 0 Å². The highest BCUT2D eigenvalue weighted by molar-refractivity contribution is 5.79. The van der Waals surface area contributed by atoms with Crippen LogP contribution in [-0.4, -0.2) is 36.4 Å². The molecule has 3 rings (SSSR count). The van der Waals surface area contributed by atoms with Crippen LogP contribution in [0.5, 0.6) is 5.75 Å². The molecule has 0 unspecified atom stereocenters. The summed E-state index contributed by atoms with van der Waals surface area (Å²) in [5, 5.41) is 10.0. The predicted octanol–water partition coefficient (Wildman–Crippen LogP) is 1.74. The fourth-order valence-electron chi connectivity index (χ4n) is 2.52. The van der Waals surface area contributed by atoms with Gasteiger partial charge in [0.05, 0.1) is 31.5 Å². The van der Waals surface area contributed by atoms with E-state index in [1.165, 1.54) is 0 Å². The molecule has 116 valence electrons. The first-order valence-electron chi connectivity index (χ1n) is 7.30. The van der Waals surface area contributed by atoms with Gasteiger partial charge in [-0.3, -0.25) is 9.89 Å². The molecule has 1 aromatic carbocycles. The Bertz CT molecular complexity index is 630. The van der Waals surface area contributed by atoms with Gasteiger partial charge in [0.15, 0.2) is 0 Å². The number of carbonyl (C=O) groups is 1. The fourth-order valence-corrected chi connectivity index (χ4v) is 2.52. The first-order valence-corrected chi connectivity index (χ1v) is 7.30. The van der Waals surface area contributed by atoms with Crippen LogP contribution in [0.25, 0.3) is 11.3 Å². The average Bonchev–Trinajstić information content (AvgIpc) is 3.24. The Morgan fingerprint density at radius 3 is 2.95 bits per heavy atom. The van der Waals surface area contributed by atoms with E-state index in [1.54, 1.807) is 13.3 Å². The molecular weight excluding hydrogens is 282 g/mol. The van der Waals surface area contributed by atoms with Crippen molar-refractivity contribution >= 4 is 5.91 Å². The van der Waals surface area contributed by atoms with Crippen molar-refractivity contribution in [3.05, 3.63) is 36.0 Å². The van der Waals surface area contributed by atoms with Gasteiger partial charge in [-0.15, -0.1) is 0 Å². The number of rotatable bonds is 5. The third-order valence-electron chi connectivity index (χ3n) is 3.85. The number of benzene rings is 1. The topological polar surface area (TPSA) is 76.2 Å². The second-order valence-corrected chi connectivity index (χ2v) is 5.28. The van der Waals surface area contributed by atoms with Crippen LogP contribution >= 0.6 is 0 Å². The van der Waals surface area contributed by atoms with Gasteiger partial charge in [0.1, 0.15) is 5.75 Å². The molecule has 1 fully saturated rings. The summed E-state index contributed by atoms with van der Waals surface area (Å²) in [5.74, 6) is 0.815. The van der Waals surface area contributed by atoms with Gasteiger partial charge in [-0.25, -0.2) is 0 Å². The van der Waals surface area contributed by atoms with Crippen molar-refractivity contribution in [1.29, 1.82) is 0 Å². The SMILES string of the molecule is COc1ccc(-c2[nH]ncc2CNC(=O)[C@H]2CCOC2)cc1. The zero-order valence-electron chi connectivity index (χ0n) is 12.5. The molecule has 1 atom stereocenters. The van der Waals surface area contributed by atoms with E-state index in [1.807, 2.05) is 24.3 Å². The van der Waals surface area contributed by atoms with Gasteiger partial charge in [-0.1, -0.05) is 0 Å². The second kappa shape index (κ2) is 6.62. The van der Waals surface area contributed by atoms with Crippen LogP contribution < -0.4 is 10.1 Å². The molecule has 2 aromatic rings. The molecule has 0 aliphatic carbocycles. The Balaban J connectivity index is 1.67. The molecule has 0 saturated carbocycles. The Morgan fingerprint density at radius 2 is 2.27 bits per heavy atom. The molecule has 1 aliphatic heterocycles. The number of ether oxygens (including phenoxy) is 2. The quantitative estimate of drug-likeness (QED) is 0.882. The summed E-state index contributed by atoms with van der Waals surface area (Å²) in [6.45, 7) is 1.64. The number of methoxy groups -OCH3 is 1. The minimum atomic E-state index is -0.0312. The van der Waals surface area contributed by atoms with Crippen LogP contribution in [0, 0.1) is 5.92 Å². The highest BCUT2D eigenvalue weighted by Crippen LogP contribution is 2.23. The summed E-state index contributed by atoms with van der Waals surface area (Å²) in [6, 6.07) is 7.72. The highest BCUT2D eigenvalue weighted by Gasteiger charge is 2.23. The number of carbonyl (C=O) groups excluding carboxylic acids is 1. The number of hydrogen-bond acceptors (Lipinski definition) is 4. The summed E-state index contributed by atoms with van der Waals surface area (Å²) in [4.78, 5) is 12.0. The van der Waals surface area contributed by atoms with Crippen molar-refractivity contribution in [2.75, 3.05) is 20.3 Å². The molecule has 0 spiro atoms. The Morgan fingerprint density at radius 1 is 1.45 bits per heavy atom. The summed E-state index contributed by atoms with van der Waals surface area (Å²) in [6.07, 6.45) is 2.54. The lowest BCUT2D eigenvalue weighted by Gasteiger charge is -2.09. The number of hydrogen-bond donors (Lipinski definition) is 2. The Kier molecular flexibility index (Phi) is 4.39. The number of nitrogens with one attached hydrogen (secondary N) is 2. The molecule has 1 amide bonds. The maximum absolute atomic E-state index is 12.0. The largest absolute Gasteiger partial charge is 0.497 e. The van der Waals surface area contributed by atoms with E-state index < -0.39 is 0 Å². The van der Waals surface area contributed by atoms with Crippen molar-refractivity contribution < 1.29 is 14.3 Å². The molecule has 6 heteroatoms. The van der Waals surface area contributed by atoms with Crippen molar-refractivity contribution in [3.63, 3.8) is 0 Å². The third-order valence-corrected chi connectivity index (χ3v) is 3.85. The predicted molar refractivity (Wildman–Crippen MR) is 81.3 cm³/mol. The van der Waals surface area contributed by atoms with E-state index in [0.29, 0.717) is 19.8 Å². The number of aromatic nitrogens is 2. The summed E-state index contributed by atoms with van der Waals surface area (Å²) in [5.41, 5.74) is 2.87. The van der Waals surface area contributed by atoms with Crippen molar-refractivity contribution in [2.45, 2.75) is 13.0 Å². The lowest BCUT2D eigenvalue weighted by molar-refractivity contribution is -0.125. The monoisotopic (exact) mass is 301 g/mol. The number of H-pyrrole nitrogens is 1. The molecule has 22 heavy (non-hydrogen) atoms. The van der Waals surface area contributed by atoms with E-state index in [2.05, 4.69) is 15.5 Å². The number of aromatic amines is 1. The zero-order chi connectivity index (χ0) is 15.4. The zero-order valence-corrected chi connectivity index (χ0v) is 12.5. The maximum Gasteiger partial charge on any atom is 0.225 e. The van der Waals surface area contributed by atoms with Gasteiger partial charge in [-0.2, -0.15) is 5.10 Å². The molecule has 2 heterocycles. The van der Waals surface area contributed by atoms with E-state index in [9.17, 15) is 4.79 Å². The molecule has 1 saturated heterocycles. The van der Waals surface area contributed by atoms with Crippen molar-refractivity contribution in [3.8, 4) is 17.0 Å². The first-order chi connectivity index (χ1) is 10.8. The van der Waals surface area contributed by atoms with Gasteiger partial charge in [0.25, 0.3) is 0 Å². The lowest BCUT2D eigenvalue weighted by atomic mass is 10.1. The minimum absolute atomic E-state index is 0.0312. The van der Waals surface area contributed by atoms with Crippen LogP contribution in [0.15, 0.2) is 30.5 Å². The van der Waals surface area contributed by atoms with E-state index in [4.69, 9.17) is 9.47 Å². The van der Waals surface area contributed by atoms with Crippen molar-refractivity contribution in [2.24, 2.45) is 5.92 Å². The van der Waals surface area contributed by atoms with Crippen LogP contribution in [0.1, 0.15) is 12.0 Å². The molecule has 0 bridgehead atoms. The first kappa shape index (κ1) is 14.6. The molecule has 0 radical (unpaired) electrons. The normalized spacial score (nSPS) is 17.4. The van der Waals surface area contributed by atoms with Crippen LogP contribution in [0.4, 0.5) is 0 Å². The summed E-state index contributed by atoms with van der Waals surface area (Å²) < 4.78 is 10.4.